The topological polar surface area (TPSA) is 182 Å². The molecular weight excluding hydrogens is 494 g/mol. The van der Waals surface area contributed by atoms with Crippen molar-refractivity contribution < 1.29 is 17.7 Å². The second-order valence-corrected chi connectivity index (χ2v) is 12.3. The van der Waals surface area contributed by atoms with Crippen LogP contribution in [0.3, 0.4) is 0 Å². The van der Waals surface area contributed by atoms with E-state index in [1.807, 2.05) is 23.9 Å². The fourth-order valence-corrected chi connectivity index (χ4v) is 7.30. The molecule has 2 aromatic rings. The lowest BCUT2D eigenvalue weighted by Crippen LogP contribution is -2.49. The molecule has 0 amide bonds. The van der Waals surface area contributed by atoms with E-state index in [0.717, 1.165) is 19.5 Å². The van der Waals surface area contributed by atoms with Crippen molar-refractivity contribution in [2.24, 2.45) is 5.14 Å². The van der Waals surface area contributed by atoms with Crippen molar-refractivity contribution in [3.05, 3.63) is 12.1 Å². The Morgan fingerprint density at radius 3 is 2.66 bits per heavy atom. The lowest BCUT2D eigenvalue weighted by atomic mass is 9.90. The Hall–Kier alpha value is -2.01. The summed E-state index contributed by atoms with van der Waals surface area (Å²) in [6.07, 6.45) is 1.89. The molecule has 3 heterocycles. The minimum Gasteiger partial charge on any atom is -0.388 e. The molecule has 1 unspecified atom stereocenters. The second-order valence-electron chi connectivity index (χ2n) is 9.40. The van der Waals surface area contributed by atoms with Crippen LogP contribution in [0.15, 0.2) is 21.9 Å². The first-order valence-corrected chi connectivity index (χ1v) is 14.3. The van der Waals surface area contributed by atoms with Crippen LogP contribution in [0.25, 0.3) is 11.4 Å². The third-order valence-electron chi connectivity index (χ3n) is 6.41. The number of tetrazole rings is 1. The quantitative estimate of drug-likeness (QED) is 0.254. The van der Waals surface area contributed by atoms with Crippen LogP contribution >= 0.6 is 0 Å². The third-order valence-corrected chi connectivity index (χ3v) is 8.79. The fraction of sp³-hybridized carbons (Fsp3) is 0.650. The van der Waals surface area contributed by atoms with Crippen LogP contribution in [0.1, 0.15) is 19.3 Å². The van der Waals surface area contributed by atoms with Crippen LogP contribution in [-0.4, -0.2) is 108 Å². The Labute approximate surface area is 207 Å². The van der Waals surface area contributed by atoms with Gasteiger partial charge in [0, 0.05) is 37.9 Å². The molecule has 1 aromatic heterocycles. The van der Waals surface area contributed by atoms with Crippen LogP contribution in [0.4, 0.5) is 5.69 Å². The van der Waals surface area contributed by atoms with Crippen molar-refractivity contribution >= 4 is 26.5 Å². The lowest BCUT2D eigenvalue weighted by molar-refractivity contribution is -0.00537. The van der Waals surface area contributed by atoms with Crippen molar-refractivity contribution in [2.45, 2.75) is 40.7 Å². The number of hydrogen-bond acceptors (Lipinski definition) is 11. The summed E-state index contributed by atoms with van der Waals surface area (Å²) in [4.78, 5) is 3.74. The summed E-state index contributed by atoms with van der Waals surface area (Å²) < 4.78 is 39.0. The predicted octanol–water partition coefficient (Wildman–Crippen LogP) is -1.58. The van der Waals surface area contributed by atoms with Gasteiger partial charge in [-0.1, -0.05) is 0 Å². The maximum atomic E-state index is 13.3. The molecule has 2 atom stereocenters. The molecule has 2 saturated heterocycles. The van der Waals surface area contributed by atoms with Crippen molar-refractivity contribution in [1.29, 1.82) is 0 Å². The zero-order valence-electron chi connectivity index (χ0n) is 19.9. The largest absolute Gasteiger partial charge is 0.388 e. The molecule has 0 spiro atoms. The number of aromatic nitrogens is 4. The van der Waals surface area contributed by atoms with Gasteiger partial charge < -0.3 is 25.5 Å². The van der Waals surface area contributed by atoms with E-state index in [2.05, 4.69) is 31.3 Å². The molecule has 2 aliphatic heterocycles. The highest BCUT2D eigenvalue weighted by Crippen LogP contribution is 2.39. The smallest absolute Gasteiger partial charge is 0.240 e. The zero-order chi connectivity index (χ0) is 25.2. The summed E-state index contributed by atoms with van der Waals surface area (Å²) in [6, 6.07) is 3.44. The number of nitrogens with two attached hydrogens (primary N) is 1. The Balaban J connectivity index is 1.71. The van der Waals surface area contributed by atoms with Gasteiger partial charge in [-0.25, -0.2) is 13.6 Å². The number of rotatable bonds is 9. The van der Waals surface area contributed by atoms with Crippen molar-refractivity contribution in [1.82, 2.24) is 36.2 Å². The van der Waals surface area contributed by atoms with Crippen molar-refractivity contribution in [2.75, 3.05) is 57.6 Å². The van der Waals surface area contributed by atoms with E-state index in [-0.39, 0.29) is 33.1 Å². The van der Waals surface area contributed by atoms with E-state index in [0.29, 0.717) is 38.2 Å². The number of aliphatic hydroxyl groups is 1. The third kappa shape index (κ3) is 6.04. The Morgan fingerprint density at radius 1 is 1.34 bits per heavy atom. The number of nitrogens with zero attached hydrogens (tertiary/aromatic N) is 5. The van der Waals surface area contributed by atoms with E-state index >= 15 is 0 Å². The summed E-state index contributed by atoms with van der Waals surface area (Å²) in [7, 11) is -2.18. The first kappa shape index (κ1) is 26.1. The number of aromatic amines is 1. The summed E-state index contributed by atoms with van der Waals surface area (Å²) in [5.41, 5.74) is -0.138. The maximum Gasteiger partial charge on any atom is 0.240 e. The Morgan fingerprint density at radius 2 is 2.09 bits per heavy atom. The number of primary sulfonamides is 1. The van der Waals surface area contributed by atoms with E-state index in [1.54, 1.807) is 12.1 Å². The maximum absolute atomic E-state index is 13.3. The molecule has 0 saturated carbocycles. The summed E-state index contributed by atoms with van der Waals surface area (Å²) in [6.45, 7) is 3.14. The van der Waals surface area contributed by atoms with Crippen LogP contribution < -0.4 is 20.7 Å². The average Bonchev–Trinajstić information content (AvgIpc) is 3.50. The molecular formula is C20H33N9O4S2. The number of nitrogens with one attached hydrogen (secondary N) is 3. The normalized spacial score (nSPS) is 21.5. The van der Waals surface area contributed by atoms with Gasteiger partial charge in [-0.15, -0.1) is 10.2 Å². The highest BCUT2D eigenvalue weighted by molar-refractivity contribution is 7.91. The predicted molar refractivity (Wildman–Crippen MR) is 132 cm³/mol. The Kier molecular flexibility index (Phi) is 7.85. The molecule has 0 bridgehead atoms. The lowest BCUT2D eigenvalue weighted by Gasteiger charge is -2.41. The van der Waals surface area contributed by atoms with E-state index in [9.17, 15) is 17.7 Å². The van der Waals surface area contributed by atoms with Gasteiger partial charge in [0.1, 0.15) is 4.90 Å². The van der Waals surface area contributed by atoms with Gasteiger partial charge in [-0.05, 0) is 57.2 Å². The second kappa shape index (κ2) is 10.5. The molecule has 35 heavy (non-hydrogen) atoms. The molecule has 2 aliphatic rings. The van der Waals surface area contributed by atoms with E-state index in [1.165, 1.54) is 0 Å². The molecule has 194 valence electrons. The number of H-pyrrole nitrogens is 1. The molecule has 13 nitrogen and oxygen atoms in total. The number of piperidine rings is 1. The van der Waals surface area contributed by atoms with Gasteiger partial charge in [-0.2, -0.15) is 5.21 Å². The minimum absolute atomic E-state index is 0.0463. The standard InChI is InChI=1S/C20H33N9O4S2/c1-28(2)12-20(30)6-9-29(10-7-20)15-3-4-16(34(31)13-23-14-5-8-22-11-14)18(35(21,32)33)17(15)19-24-26-27-25-19/h3-4,14,22-23,30H,5-13H2,1-2H3,(H2,21,32,33)(H,24,25,26,27)/t14-,34?/m1/s1. The summed E-state index contributed by atoms with van der Waals surface area (Å²) in [5.74, 6) is 0.131. The highest BCUT2D eigenvalue weighted by Gasteiger charge is 2.36. The molecule has 1 aromatic carbocycles. The fourth-order valence-electron chi connectivity index (χ4n) is 4.77. The van der Waals surface area contributed by atoms with Gasteiger partial charge in [0.05, 0.1) is 32.7 Å². The van der Waals surface area contributed by atoms with Crippen LogP contribution in [0.5, 0.6) is 0 Å². The van der Waals surface area contributed by atoms with Crippen molar-refractivity contribution in [3.8, 4) is 11.4 Å². The molecule has 4 rings (SSSR count). The van der Waals surface area contributed by atoms with Crippen LogP contribution in [0, 0.1) is 0 Å². The summed E-state index contributed by atoms with van der Waals surface area (Å²) >= 11 is 0. The van der Waals surface area contributed by atoms with Gasteiger partial charge in [0.15, 0.2) is 0 Å². The van der Waals surface area contributed by atoms with E-state index in [4.69, 9.17) is 5.14 Å². The number of anilines is 1. The van der Waals surface area contributed by atoms with Crippen LogP contribution in [-0.2, 0) is 20.8 Å². The van der Waals surface area contributed by atoms with E-state index < -0.39 is 26.4 Å². The van der Waals surface area contributed by atoms with Crippen molar-refractivity contribution in [3.63, 3.8) is 0 Å². The number of benzene rings is 1. The molecule has 2 fully saturated rings. The van der Waals surface area contributed by atoms with Gasteiger partial charge in [-0.3, -0.25) is 4.21 Å². The number of sulfonamides is 1. The number of likely N-dealkylation sites (N-methyl/N-ethyl adjacent to an activating group) is 1. The zero-order valence-corrected chi connectivity index (χ0v) is 21.5. The first-order chi connectivity index (χ1) is 16.6. The molecule has 0 aliphatic carbocycles. The van der Waals surface area contributed by atoms with Gasteiger partial charge in [0.2, 0.25) is 15.8 Å². The molecule has 6 N–H and O–H groups in total. The SMILES string of the molecule is CN(C)CC1(O)CCN(c2ccc(S(=O)CN[C@@H]3CCNC3)c(S(N)(=O)=O)c2-c2nn[nH]n2)CC1. The minimum atomic E-state index is -4.31. The first-order valence-electron chi connectivity index (χ1n) is 11.5. The Bertz CT molecular complexity index is 1140. The van der Waals surface area contributed by atoms with Gasteiger partial charge >= 0.3 is 0 Å². The highest BCUT2D eigenvalue weighted by atomic mass is 32.2. The number of hydrogen-bond donors (Lipinski definition) is 5. The van der Waals surface area contributed by atoms with Crippen LogP contribution in [0.2, 0.25) is 0 Å². The molecule has 15 heteroatoms. The monoisotopic (exact) mass is 527 g/mol. The average molecular weight is 528 g/mol. The van der Waals surface area contributed by atoms with Gasteiger partial charge in [0.25, 0.3) is 0 Å². The summed E-state index contributed by atoms with van der Waals surface area (Å²) in [5, 5.41) is 37.1. The molecule has 0 radical (unpaired) electrons.